The molecule has 0 aromatic heterocycles. The molecule has 2 saturated heterocycles. The number of hydrogen-bond donors (Lipinski definition) is 1. The molecule has 1 amide bonds. The Labute approximate surface area is 180 Å². The minimum Gasteiger partial charge on any atom is -0.392 e. The maximum Gasteiger partial charge on any atom is 0.227 e. The maximum atomic E-state index is 13.1. The van der Waals surface area contributed by atoms with Crippen LogP contribution in [0.3, 0.4) is 0 Å². The molecule has 0 radical (unpaired) electrons. The van der Waals surface area contributed by atoms with Gasteiger partial charge in [-0.1, -0.05) is 37.3 Å². The molecule has 1 aromatic rings. The van der Waals surface area contributed by atoms with Gasteiger partial charge in [-0.3, -0.25) is 14.6 Å². The predicted octanol–water partition coefficient (Wildman–Crippen LogP) is 0.862. The Morgan fingerprint density at radius 3 is 2.63 bits per heavy atom. The minimum atomic E-state index is -0.305. The van der Waals surface area contributed by atoms with Crippen molar-refractivity contribution in [2.24, 2.45) is 0 Å². The van der Waals surface area contributed by atoms with Crippen LogP contribution in [0.15, 0.2) is 30.3 Å². The van der Waals surface area contributed by atoms with Gasteiger partial charge in [0.1, 0.15) is 0 Å². The van der Waals surface area contributed by atoms with Gasteiger partial charge in [-0.15, -0.1) is 0 Å². The molecule has 2 heterocycles. The molecule has 1 N–H and O–H groups in total. The molecule has 0 saturated carbocycles. The molecule has 2 aliphatic heterocycles. The van der Waals surface area contributed by atoms with Crippen molar-refractivity contribution in [3.05, 3.63) is 35.9 Å². The number of aliphatic hydroxyl groups is 1. The van der Waals surface area contributed by atoms with Crippen molar-refractivity contribution in [1.29, 1.82) is 0 Å². The third kappa shape index (κ3) is 7.63. The summed E-state index contributed by atoms with van der Waals surface area (Å²) in [5.41, 5.74) is 1.04. The highest BCUT2D eigenvalue weighted by atomic mass is 16.5. The normalized spacial score (nSPS) is 22.0. The zero-order valence-electron chi connectivity index (χ0n) is 18.2. The maximum absolute atomic E-state index is 13.1. The van der Waals surface area contributed by atoms with Gasteiger partial charge in [-0.25, -0.2) is 0 Å². The second kappa shape index (κ2) is 12.4. The van der Waals surface area contributed by atoms with Crippen molar-refractivity contribution in [3.63, 3.8) is 0 Å². The molecule has 0 spiro atoms. The van der Waals surface area contributed by atoms with Crippen LogP contribution in [0.25, 0.3) is 0 Å². The fourth-order valence-corrected chi connectivity index (χ4v) is 4.02. The second-order valence-electron chi connectivity index (χ2n) is 8.27. The first-order chi connectivity index (χ1) is 14.6. The highest BCUT2D eigenvalue weighted by molar-refractivity contribution is 5.78. The van der Waals surface area contributed by atoms with Gasteiger partial charge < -0.3 is 19.5 Å². The van der Waals surface area contributed by atoms with Crippen LogP contribution in [0, 0.1) is 0 Å². The highest BCUT2D eigenvalue weighted by Crippen LogP contribution is 2.11. The third-order valence-corrected chi connectivity index (χ3v) is 5.93. The zero-order valence-corrected chi connectivity index (χ0v) is 18.2. The summed E-state index contributed by atoms with van der Waals surface area (Å²) in [6, 6.07) is 9.93. The zero-order chi connectivity index (χ0) is 21.2. The molecule has 3 rings (SSSR count). The fourth-order valence-electron chi connectivity index (χ4n) is 4.02. The monoisotopic (exact) mass is 419 g/mol. The summed E-state index contributed by atoms with van der Waals surface area (Å²) in [5.74, 6) is 0.142. The molecule has 0 aliphatic carbocycles. The first-order valence-electron chi connectivity index (χ1n) is 11.3. The van der Waals surface area contributed by atoms with E-state index in [0.29, 0.717) is 32.7 Å². The summed E-state index contributed by atoms with van der Waals surface area (Å²) < 4.78 is 11.4. The van der Waals surface area contributed by atoms with E-state index in [4.69, 9.17) is 9.47 Å². The SMILES string of the molecule is CCC(O)CN1CCOC(CN(CCN2CCOCC2)C(=O)Cc2ccccc2)C1. The molecule has 2 atom stereocenters. The number of carbonyl (C=O) groups is 1. The lowest BCUT2D eigenvalue weighted by molar-refractivity contribution is -0.134. The topological polar surface area (TPSA) is 65.5 Å². The van der Waals surface area contributed by atoms with E-state index in [1.54, 1.807) is 0 Å². The Balaban J connectivity index is 1.58. The molecular weight excluding hydrogens is 382 g/mol. The van der Waals surface area contributed by atoms with Crippen molar-refractivity contribution < 1.29 is 19.4 Å². The van der Waals surface area contributed by atoms with E-state index in [0.717, 1.165) is 57.9 Å². The number of rotatable bonds is 10. The van der Waals surface area contributed by atoms with Crippen molar-refractivity contribution in [3.8, 4) is 0 Å². The van der Waals surface area contributed by atoms with Crippen LogP contribution in [0.5, 0.6) is 0 Å². The molecule has 30 heavy (non-hydrogen) atoms. The van der Waals surface area contributed by atoms with Crippen LogP contribution in [-0.4, -0.2) is 110 Å². The molecule has 7 heteroatoms. The van der Waals surface area contributed by atoms with Crippen molar-refractivity contribution in [2.75, 3.05) is 72.2 Å². The van der Waals surface area contributed by atoms with E-state index in [1.165, 1.54) is 0 Å². The van der Waals surface area contributed by atoms with Crippen LogP contribution in [-0.2, 0) is 20.7 Å². The molecule has 2 aliphatic rings. The molecular formula is C23H37N3O4. The van der Waals surface area contributed by atoms with Gasteiger partial charge in [-0.2, -0.15) is 0 Å². The van der Waals surface area contributed by atoms with Crippen LogP contribution < -0.4 is 0 Å². The number of aliphatic hydroxyl groups excluding tert-OH is 1. The first-order valence-corrected chi connectivity index (χ1v) is 11.3. The van der Waals surface area contributed by atoms with Gasteiger partial charge in [0.25, 0.3) is 0 Å². The number of amides is 1. The van der Waals surface area contributed by atoms with E-state index in [9.17, 15) is 9.90 Å². The Bertz CT molecular complexity index is 624. The molecule has 168 valence electrons. The number of hydrogen-bond acceptors (Lipinski definition) is 6. The average Bonchev–Trinajstić information content (AvgIpc) is 2.78. The van der Waals surface area contributed by atoms with Crippen LogP contribution in [0.2, 0.25) is 0 Å². The quantitative estimate of drug-likeness (QED) is 0.607. The highest BCUT2D eigenvalue weighted by Gasteiger charge is 2.26. The van der Waals surface area contributed by atoms with Crippen molar-refractivity contribution in [1.82, 2.24) is 14.7 Å². The predicted molar refractivity (Wildman–Crippen MR) is 116 cm³/mol. The Kier molecular flexibility index (Phi) is 9.55. The number of ether oxygens (including phenoxy) is 2. The summed E-state index contributed by atoms with van der Waals surface area (Å²) in [6.07, 6.45) is 0.839. The number of benzene rings is 1. The Hall–Kier alpha value is -1.51. The minimum absolute atomic E-state index is 0.0211. The van der Waals surface area contributed by atoms with E-state index < -0.39 is 0 Å². The summed E-state index contributed by atoms with van der Waals surface area (Å²) in [6.45, 7) is 10.4. The summed E-state index contributed by atoms with van der Waals surface area (Å²) in [7, 11) is 0. The van der Waals surface area contributed by atoms with Crippen LogP contribution in [0.4, 0.5) is 0 Å². The fraction of sp³-hybridized carbons (Fsp3) is 0.696. The lowest BCUT2D eigenvalue weighted by Crippen LogP contribution is -2.52. The summed E-state index contributed by atoms with van der Waals surface area (Å²) in [4.78, 5) is 19.7. The number of β-amino-alcohol motifs (C(OH)–C–C–N with tert-alkyl or cyclic N) is 1. The van der Waals surface area contributed by atoms with Gasteiger partial charge in [0.15, 0.2) is 0 Å². The molecule has 2 fully saturated rings. The lowest BCUT2D eigenvalue weighted by Gasteiger charge is -2.37. The number of nitrogens with zero attached hydrogens (tertiary/aromatic N) is 3. The first kappa shape index (κ1) is 23.2. The molecule has 1 aromatic carbocycles. The number of morpholine rings is 2. The summed E-state index contributed by atoms with van der Waals surface area (Å²) in [5, 5.41) is 10.00. The standard InChI is InChI=1S/C23H37N3O4/c1-2-21(27)17-25-12-15-30-22(18-25)19-26(9-8-24-10-13-29-14-11-24)23(28)16-20-6-4-3-5-7-20/h3-7,21-22,27H,2,8-19H2,1H3. The molecule has 2 unspecified atom stereocenters. The van der Waals surface area contributed by atoms with Crippen LogP contribution in [0.1, 0.15) is 18.9 Å². The molecule has 0 bridgehead atoms. The van der Waals surface area contributed by atoms with Gasteiger partial charge in [-0.05, 0) is 12.0 Å². The molecule has 7 nitrogen and oxygen atoms in total. The van der Waals surface area contributed by atoms with Gasteiger partial charge in [0.2, 0.25) is 5.91 Å². The van der Waals surface area contributed by atoms with Gasteiger partial charge in [0, 0.05) is 52.4 Å². The number of carbonyl (C=O) groups excluding carboxylic acids is 1. The Morgan fingerprint density at radius 2 is 1.90 bits per heavy atom. The Morgan fingerprint density at radius 1 is 1.17 bits per heavy atom. The van der Waals surface area contributed by atoms with Gasteiger partial charge in [0.05, 0.1) is 38.4 Å². The largest absolute Gasteiger partial charge is 0.392 e. The lowest BCUT2D eigenvalue weighted by atomic mass is 10.1. The van der Waals surface area contributed by atoms with E-state index in [2.05, 4.69) is 9.80 Å². The van der Waals surface area contributed by atoms with E-state index in [-0.39, 0.29) is 18.1 Å². The van der Waals surface area contributed by atoms with Gasteiger partial charge >= 0.3 is 0 Å². The van der Waals surface area contributed by atoms with Crippen molar-refractivity contribution >= 4 is 5.91 Å². The van der Waals surface area contributed by atoms with E-state index in [1.807, 2.05) is 42.2 Å². The smallest absolute Gasteiger partial charge is 0.227 e. The van der Waals surface area contributed by atoms with Crippen molar-refractivity contribution in [2.45, 2.75) is 32.0 Å². The second-order valence-corrected chi connectivity index (χ2v) is 8.27. The average molecular weight is 420 g/mol. The third-order valence-electron chi connectivity index (χ3n) is 5.93. The summed E-state index contributed by atoms with van der Waals surface area (Å²) >= 11 is 0. The van der Waals surface area contributed by atoms with E-state index >= 15 is 0 Å². The van der Waals surface area contributed by atoms with Crippen LogP contribution >= 0.6 is 0 Å².